The third-order valence-electron chi connectivity index (χ3n) is 2.72. The molecule has 1 fully saturated rings. The average Bonchev–Trinajstić information content (AvgIpc) is 2.56. The van der Waals surface area contributed by atoms with Gasteiger partial charge in [-0.2, -0.15) is 0 Å². The highest BCUT2D eigenvalue weighted by Gasteiger charge is 2.19. The molecule has 2 rings (SSSR count). The van der Waals surface area contributed by atoms with Crippen molar-refractivity contribution in [3.05, 3.63) is 33.8 Å². The highest BCUT2D eigenvalue weighted by Crippen LogP contribution is 2.23. The summed E-state index contributed by atoms with van der Waals surface area (Å²) in [7, 11) is 0. The van der Waals surface area contributed by atoms with Crippen LogP contribution in [0.15, 0.2) is 18.2 Å². The van der Waals surface area contributed by atoms with Crippen molar-refractivity contribution in [1.29, 1.82) is 0 Å². The van der Waals surface area contributed by atoms with E-state index in [0.29, 0.717) is 11.1 Å². The first-order chi connectivity index (χ1) is 7.15. The number of nitrogens with zero attached hydrogens (tertiary/aromatic N) is 1. The first-order valence-electron chi connectivity index (χ1n) is 5.07. The maximum absolute atomic E-state index is 6.10. The van der Waals surface area contributed by atoms with Crippen LogP contribution in [0.1, 0.15) is 12.0 Å². The maximum atomic E-state index is 6.10. The van der Waals surface area contributed by atoms with Crippen molar-refractivity contribution >= 4 is 23.2 Å². The molecule has 1 atom stereocenters. The van der Waals surface area contributed by atoms with Gasteiger partial charge in [0.2, 0.25) is 0 Å². The summed E-state index contributed by atoms with van der Waals surface area (Å²) in [5.74, 6) is 0. The summed E-state index contributed by atoms with van der Waals surface area (Å²) >= 11 is 11.9. The summed E-state index contributed by atoms with van der Waals surface area (Å²) < 4.78 is 0. The molecule has 1 aromatic carbocycles. The number of hydrogen-bond donors (Lipinski definition) is 1. The average molecular weight is 245 g/mol. The fraction of sp³-hybridized carbons (Fsp3) is 0.455. The van der Waals surface area contributed by atoms with Gasteiger partial charge in [-0.05, 0) is 24.1 Å². The van der Waals surface area contributed by atoms with Gasteiger partial charge in [0.25, 0.3) is 0 Å². The Bertz CT molecular complexity index is 354. The molecule has 15 heavy (non-hydrogen) atoms. The van der Waals surface area contributed by atoms with Gasteiger partial charge in [-0.3, -0.25) is 4.90 Å². The number of halogens is 2. The Balaban J connectivity index is 2.04. The summed E-state index contributed by atoms with van der Waals surface area (Å²) in [6.45, 7) is 2.88. The molecule has 0 unspecified atom stereocenters. The SMILES string of the molecule is N[C@@H]1CCN(Cc2ccc(Cl)cc2Cl)C1. The van der Waals surface area contributed by atoms with Crippen LogP contribution in [0.2, 0.25) is 10.0 Å². The predicted molar refractivity (Wildman–Crippen MR) is 64.3 cm³/mol. The van der Waals surface area contributed by atoms with Gasteiger partial charge in [0.05, 0.1) is 0 Å². The van der Waals surface area contributed by atoms with Gasteiger partial charge in [0.15, 0.2) is 0 Å². The van der Waals surface area contributed by atoms with Gasteiger partial charge in [0.1, 0.15) is 0 Å². The van der Waals surface area contributed by atoms with Crippen molar-refractivity contribution in [1.82, 2.24) is 4.90 Å². The molecule has 2 N–H and O–H groups in total. The van der Waals surface area contributed by atoms with Crippen LogP contribution in [0.5, 0.6) is 0 Å². The predicted octanol–water partition coefficient (Wildman–Crippen LogP) is 2.53. The third kappa shape index (κ3) is 2.85. The van der Waals surface area contributed by atoms with Crippen LogP contribution >= 0.6 is 23.2 Å². The molecule has 0 radical (unpaired) electrons. The Labute approximate surface area is 100.0 Å². The number of hydrogen-bond acceptors (Lipinski definition) is 2. The summed E-state index contributed by atoms with van der Waals surface area (Å²) in [5, 5.41) is 1.42. The van der Waals surface area contributed by atoms with Crippen molar-refractivity contribution in [3.8, 4) is 0 Å². The van der Waals surface area contributed by atoms with E-state index >= 15 is 0 Å². The smallest absolute Gasteiger partial charge is 0.0465 e. The fourth-order valence-electron chi connectivity index (χ4n) is 1.90. The lowest BCUT2D eigenvalue weighted by Crippen LogP contribution is -2.26. The van der Waals surface area contributed by atoms with Gasteiger partial charge >= 0.3 is 0 Å². The number of likely N-dealkylation sites (tertiary alicyclic amines) is 1. The molecule has 0 aliphatic carbocycles. The van der Waals surface area contributed by atoms with Gasteiger partial charge in [0, 0.05) is 35.7 Å². The minimum atomic E-state index is 0.316. The summed E-state index contributed by atoms with van der Waals surface area (Å²) in [6, 6.07) is 5.96. The van der Waals surface area contributed by atoms with E-state index < -0.39 is 0 Å². The lowest BCUT2D eigenvalue weighted by atomic mass is 10.2. The topological polar surface area (TPSA) is 29.3 Å². The minimum Gasteiger partial charge on any atom is -0.326 e. The Morgan fingerprint density at radius 3 is 2.80 bits per heavy atom. The molecule has 1 aliphatic heterocycles. The second kappa shape index (κ2) is 4.71. The quantitative estimate of drug-likeness (QED) is 0.867. The molecule has 1 heterocycles. The van der Waals surface area contributed by atoms with Gasteiger partial charge < -0.3 is 5.73 Å². The second-order valence-corrected chi connectivity index (χ2v) is 4.86. The van der Waals surface area contributed by atoms with E-state index in [0.717, 1.165) is 36.6 Å². The lowest BCUT2D eigenvalue weighted by molar-refractivity contribution is 0.327. The van der Waals surface area contributed by atoms with Crippen LogP contribution in [0.25, 0.3) is 0 Å². The van der Waals surface area contributed by atoms with E-state index in [1.807, 2.05) is 12.1 Å². The van der Waals surface area contributed by atoms with Crippen LogP contribution in [-0.4, -0.2) is 24.0 Å². The van der Waals surface area contributed by atoms with Crippen molar-refractivity contribution in [2.75, 3.05) is 13.1 Å². The zero-order valence-corrected chi connectivity index (χ0v) is 9.93. The van der Waals surface area contributed by atoms with E-state index in [1.54, 1.807) is 6.07 Å². The number of benzene rings is 1. The highest BCUT2D eigenvalue weighted by atomic mass is 35.5. The van der Waals surface area contributed by atoms with Crippen LogP contribution < -0.4 is 5.73 Å². The molecule has 82 valence electrons. The van der Waals surface area contributed by atoms with Crippen LogP contribution in [0.3, 0.4) is 0 Å². The second-order valence-electron chi connectivity index (χ2n) is 4.02. The van der Waals surface area contributed by atoms with E-state index in [-0.39, 0.29) is 0 Å². The number of nitrogens with two attached hydrogens (primary N) is 1. The molecule has 0 spiro atoms. The van der Waals surface area contributed by atoms with Crippen LogP contribution in [0, 0.1) is 0 Å². The van der Waals surface area contributed by atoms with Gasteiger partial charge in [-0.1, -0.05) is 29.3 Å². The van der Waals surface area contributed by atoms with Crippen molar-refractivity contribution < 1.29 is 0 Å². The number of rotatable bonds is 2. The minimum absolute atomic E-state index is 0.316. The van der Waals surface area contributed by atoms with Crippen LogP contribution in [0.4, 0.5) is 0 Å². The monoisotopic (exact) mass is 244 g/mol. The van der Waals surface area contributed by atoms with E-state index in [9.17, 15) is 0 Å². The van der Waals surface area contributed by atoms with Crippen LogP contribution in [-0.2, 0) is 6.54 Å². The van der Waals surface area contributed by atoms with Crippen molar-refractivity contribution in [2.45, 2.75) is 19.0 Å². The fourth-order valence-corrected chi connectivity index (χ4v) is 2.37. The van der Waals surface area contributed by atoms with Crippen molar-refractivity contribution in [3.63, 3.8) is 0 Å². The van der Waals surface area contributed by atoms with Gasteiger partial charge in [-0.15, -0.1) is 0 Å². The molecule has 4 heteroatoms. The maximum Gasteiger partial charge on any atom is 0.0465 e. The molecule has 0 aromatic heterocycles. The van der Waals surface area contributed by atoms with Gasteiger partial charge in [-0.25, -0.2) is 0 Å². The molecular weight excluding hydrogens is 231 g/mol. The zero-order chi connectivity index (χ0) is 10.8. The standard InChI is InChI=1S/C11H14Cl2N2/c12-9-2-1-8(11(13)5-9)6-15-4-3-10(14)7-15/h1-2,5,10H,3-4,6-7,14H2/t10-/m1/s1. The Kier molecular flexibility index (Phi) is 3.52. The molecule has 0 saturated carbocycles. The molecule has 1 aliphatic rings. The highest BCUT2D eigenvalue weighted by molar-refractivity contribution is 6.35. The Morgan fingerprint density at radius 2 is 2.20 bits per heavy atom. The molecule has 1 saturated heterocycles. The third-order valence-corrected chi connectivity index (χ3v) is 3.30. The first kappa shape index (κ1) is 11.2. The molecular formula is C11H14Cl2N2. The van der Waals surface area contributed by atoms with E-state index in [4.69, 9.17) is 28.9 Å². The van der Waals surface area contributed by atoms with E-state index in [1.165, 1.54) is 0 Å². The lowest BCUT2D eigenvalue weighted by Gasteiger charge is -2.16. The summed E-state index contributed by atoms with van der Waals surface area (Å²) in [5.41, 5.74) is 6.97. The normalized spacial score (nSPS) is 22.2. The molecule has 0 amide bonds. The molecule has 2 nitrogen and oxygen atoms in total. The largest absolute Gasteiger partial charge is 0.326 e. The molecule has 1 aromatic rings. The first-order valence-corrected chi connectivity index (χ1v) is 5.82. The Morgan fingerprint density at radius 1 is 1.40 bits per heavy atom. The van der Waals surface area contributed by atoms with E-state index in [2.05, 4.69) is 4.90 Å². The zero-order valence-electron chi connectivity index (χ0n) is 8.42. The molecule has 0 bridgehead atoms. The van der Waals surface area contributed by atoms with Crippen molar-refractivity contribution in [2.24, 2.45) is 5.73 Å². The summed E-state index contributed by atoms with van der Waals surface area (Å²) in [4.78, 5) is 2.32. The summed E-state index contributed by atoms with van der Waals surface area (Å²) in [6.07, 6.45) is 1.07. The Hall–Kier alpha value is -0.280.